The van der Waals surface area contributed by atoms with E-state index in [1.807, 2.05) is 0 Å². The molecule has 0 heterocycles. The minimum Gasteiger partial charge on any atom is -0.394 e. The van der Waals surface area contributed by atoms with Gasteiger partial charge in [-0.15, -0.1) is 0 Å². The molecule has 0 aliphatic rings. The molecule has 4 nitrogen and oxygen atoms in total. The van der Waals surface area contributed by atoms with Crippen LogP contribution >= 0.6 is 0 Å². The van der Waals surface area contributed by atoms with Crippen molar-refractivity contribution in [1.82, 2.24) is 5.32 Å². The number of hydrogen-bond donors (Lipinski definition) is 3. The van der Waals surface area contributed by atoms with Crippen LogP contribution in [-0.2, 0) is 4.79 Å². The average molecular weight is 1210 g/mol. The summed E-state index contributed by atoms with van der Waals surface area (Å²) >= 11 is 0. The van der Waals surface area contributed by atoms with E-state index in [1.165, 1.54) is 398 Å². The van der Waals surface area contributed by atoms with E-state index in [0.717, 1.165) is 38.5 Å². The Hall–Kier alpha value is -1.39. The second-order valence-electron chi connectivity index (χ2n) is 27.8. The van der Waals surface area contributed by atoms with Gasteiger partial charge in [0.05, 0.1) is 18.8 Å². The van der Waals surface area contributed by atoms with Gasteiger partial charge in [0.15, 0.2) is 0 Å². The molecule has 0 saturated carbocycles. The molecule has 0 bridgehead atoms. The van der Waals surface area contributed by atoms with Gasteiger partial charge in [0, 0.05) is 6.42 Å². The van der Waals surface area contributed by atoms with E-state index in [9.17, 15) is 15.0 Å². The van der Waals surface area contributed by atoms with Crippen LogP contribution < -0.4 is 5.32 Å². The maximum atomic E-state index is 12.6. The first-order valence-electron chi connectivity index (χ1n) is 40.2. The number of aliphatic hydroxyl groups excluding tert-OH is 2. The molecule has 0 aromatic heterocycles. The lowest BCUT2D eigenvalue weighted by Crippen LogP contribution is -2.45. The molecule has 0 aliphatic carbocycles. The van der Waals surface area contributed by atoms with Crippen LogP contribution in [0.5, 0.6) is 0 Å². The third-order valence-corrected chi connectivity index (χ3v) is 19.2. The molecule has 0 saturated heterocycles. The van der Waals surface area contributed by atoms with E-state index in [1.54, 1.807) is 0 Å². The Morgan fingerprint density at radius 1 is 0.279 bits per heavy atom. The number of hydrogen-bond acceptors (Lipinski definition) is 3. The van der Waals surface area contributed by atoms with Crippen LogP contribution in [0.3, 0.4) is 0 Å². The molecule has 0 rings (SSSR count). The Balaban J connectivity index is 3.35. The molecule has 4 heteroatoms. The minimum atomic E-state index is -0.660. The zero-order valence-corrected chi connectivity index (χ0v) is 59.1. The van der Waals surface area contributed by atoms with Gasteiger partial charge < -0.3 is 15.5 Å². The molecular weight excluding hydrogens is 1050 g/mol. The number of nitrogens with one attached hydrogen (secondary N) is 1. The van der Waals surface area contributed by atoms with E-state index in [4.69, 9.17) is 0 Å². The van der Waals surface area contributed by atoms with Crippen LogP contribution in [0, 0.1) is 0 Å². The molecule has 3 N–H and O–H groups in total. The maximum Gasteiger partial charge on any atom is 0.220 e. The lowest BCUT2D eigenvalue weighted by Gasteiger charge is -2.22. The van der Waals surface area contributed by atoms with Crippen LogP contribution in [0.1, 0.15) is 463 Å². The van der Waals surface area contributed by atoms with Crippen molar-refractivity contribution in [2.75, 3.05) is 6.61 Å². The monoisotopic (exact) mass is 1210 g/mol. The van der Waals surface area contributed by atoms with Crippen LogP contribution in [-0.4, -0.2) is 34.9 Å². The second kappa shape index (κ2) is 77.9. The molecule has 0 radical (unpaired) electrons. The van der Waals surface area contributed by atoms with Gasteiger partial charge in [-0.1, -0.05) is 442 Å². The summed E-state index contributed by atoms with van der Waals surface area (Å²) in [5.41, 5.74) is 0. The quantitative estimate of drug-likeness (QED) is 0.0420. The highest BCUT2D eigenvalue weighted by Crippen LogP contribution is 2.21. The molecule has 1 amide bonds. The first kappa shape index (κ1) is 84.6. The van der Waals surface area contributed by atoms with E-state index in [0.29, 0.717) is 12.8 Å². The topological polar surface area (TPSA) is 69.6 Å². The fourth-order valence-electron chi connectivity index (χ4n) is 13.1. The first-order chi connectivity index (χ1) is 42.7. The highest BCUT2D eigenvalue weighted by Gasteiger charge is 2.20. The predicted molar refractivity (Wildman–Crippen MR) is 387 cm³/mol. The van der Waals surface area contributed by atoms with Crippen molar-refractivity contribution in [3.8, 4) is 0 Å². The summed E-state index contributed by atoms with van der Waals surface area (Å²) in [6.07, 6.45) is 108. The van der Waals surface area contributed by atoms with Gasteiger partial charge in [-0.2, -0.15) is 0 Å². The fourth-order valence-corrected chi connectivity index (χ4v) is 13.1. The zero-order chi connectivity index (χ0) is 61.9. The lowest BCUT2D eigenvalue weighted by molar-refractivity contribution is -0.123. The third kappa shape index (κ3) is 73.3. The molecule has 86 heavy (non-hydrogen) atoms. The molecule has 0 aromatic carbocycles. The maximum absolute atomic E-state index is 12.6. The molecule has 2 atom stereocenters. The summed E-state index contributed by atoms with van der Waals surface area (Å²) in [4.78, 5) is 12.6. The Kier molecular flexibility index (Phi) is 76.6. The van der Waals surface area contributed by atoms with E-state index in [-0.39, 0.29) is 12.5 Å². The minimum absolute atomic E-state index is 0.0203. The smallest absolute Gasteiger partial charge is 0.220 e. The number of allylic oxidation sites excluding steroid dienone is 6. The largest absolute Gasteiger partial charge is 0.394 e. The van der Waals surface area contributed by atoms with E-state index < -0.39 is 12.1 Å². The summed E-state index contributed by atoms with van der Waals surface area (Å²) in [6.45, 7) is 4.40. The van der Waals surface area contributed by atoms with Crippen LogP contribution in [0.25, 0.3) is 0 Å². The molecule has 0 aliphatic heterocycles. The Bertz CT molecular complexity index is 1320. The number of rotatable bonds is 76. The van der Waals surface area contributed by atoms with Crippen molar-refractivity contribution in [2.45, 2.75) is 475 Å². The van der Waals surface area contributed by atoms with Gasteiger partial charge in [0.2, 0.25) is 5.91 Å². The first-order valence-corrected chi connectivity index (χ1v) is 40.2. The summed E-state index contributed by atoms with van der Waals surface area (Å²) in [5.74, 6) is -0.0203. The molecule has 0 fully saturated rings. The Labute approximate surface area is 542 Å². The van der Waals surface area contributed by atoms with E-state index >= 15 is 0 Å². The van der Waals surface area contributed by atoms with Crippen molar-refractivity contribution < 1.29 is 15.0 Å². The summed E-state index contributed by atoms with van der Waals surface area (Å²) in [6, 6.07) is -0.536. The van der Waals surface area contributed by atoms with Gasteiger partial charge >= 0.3 is 0 Å². The lowest BCUT2D eigenvalue weighted by atomic mass is 10.0. The van der Waals surface area contributed by atoms with Gasteiger partial charge in [-0.25, -0.2) is 0 Å². The number of amides is 1. The van der Waals surface area contributed by atoms with Gasteiger partial charge in [-0.3, -0.25) is 4.79 Å². The van der Waals surface area contributed by atoms with E-state index in [2.05, 4.69) is 55.6 Å². The molecule has 2 unspecified atom stereocenters. The number of carbonyl (C=O) groups is 1. The zero-order valence-electron chi connectivity index (χ0n) is 59.1. The average Bonchev–Trinajstić information content (AvgIpc) is 3.59. The molecule has 510 valence electrons. The van der Waals surface area contributed by atoms with Crippen molar-refractivity contribution >= 4 is 5.91 Å². The molecular formula is C82H159NO3. The fraction of sp³-hybridized carbons (Fsp3) is 0.915. The van der Waals surface area contributed by atoms with Crippen LogP contribution in [0.2, 0.25) is 0 Å². The van der Waals surface area contributed by atoms with Crippen molar-refractivity contribution in [3.05, 3.63) is 36.5 Å². The third-order valence-electron chi connectivity index (χ3n) is 19.2. The SMILES string of the molecule is CCCCCCC/C=C\C/C=C\C/C=C\CCCCCCCCCCCCCCCCCCCCCCCCCCCCC(=O)NC(CO)C(O)CCCCCCCCCCCCCCCCCCCCCCCCCCCCCCCCCCC. The highest BCUT2D eigenvalue weighted by atomic mass is 16.3. The van der Waals surface area contributed by atoms with Crippen molar-refractivity contribution in [1.29, 1.82) is 0 Å². The Morgan fingerprint density at radius 2 is 0.477 bits per heavy atom. The van der Waals surface area contributed by atoms with Crippen molar-refractivity contribution in [3.63, 3.8) is 0 Å². The van der Waals surface area contributed by atoms with Crippen LogP contribution in [0.15, 0.2) is 36.5 Å². The van der Waals surface area contributed by atoms with Gasteiger partial charge in [0.1, 0.15) is 0 Å². The van der Waals surface area contributed by atoms with Gasteiger partial charge in [-0.05, 0) is 51.4 Å². The molecule has 0 aromatic rings. The highest BCUT2D eigenvalue weighted by molar-refractivity contribution is 5.76. The van der Waals surface area contributed by atoms with Gasteiger partial charge in [0.25, 0.3) is 0 Å². The molecule has 0 spiro atoms. The summed E-state index contributed by atoms with van der Waals surface area (Å²) in [7, 11) is 0. The number of carbonyl (C=O) groups excluding carboxylic acids is 1. The van der Waals surface area contributed by atoms with Crippen molar-refractivity contribution in [2.24, 2.45) is 0 Å². The predicted octanol–water partition coefficient (Wildman–Crippen LogP) is 27.8. The number of unbranched alkanes of at least 4 members (excludes halogenated alkanes) is 63. The van der Waals surface area contributed by atoms with Crippen LogP contribution in [0.4, 0.5) is 0 Å². The summed E-state index contributed by atoms with van der Waals surface area (Å²) in [5, 5.41) is 23.5. The summed E-state index contributed by atoms with van der Waals surface area (Å²) < 4.78 is 0. The normalized spacial score (nSPS) is 12.7. The second-order valence-corrected chi connectivity index (χ2v) is 27.8. The standard InChI is InChI=1S/C82H159NO3/c1-3-5-7-9-11-13-15-17-19-21-23-25-27-29-31-33-35-37-38-39-40-41-42-43-44-46-48-50-52-54-56-58-60-62-64-66-68-70-72-74-76-78-82(86)83-80(79-84)81(85)77-75-73-71-69-67-65-63-61-59-57-55-53-51-49-47-45-36-34-32-30-28-26-24-22-20-18-16-14-12-10-8-6-4-2/h15,17,21,23,27,29,80-81,84-85H,3-14,16,18-20,22,24-26,28,30-79H2,1-2H3,(H,83,86)/b17-15-,23-21-,29-27-. The Morgan fingerprint density at radius 3 is 0.709 bits per heavy atom. The number of aliphatic hydroxyl groups is 2.